The van der Waals surface area contributed by atoms with E-state index in [1.807, 2.05) is 23.6 Å². The third kappa shape index (κ3) is 1.94. The minimum Gasteiger partial charge on any atom is -0.435 e. The summed E-state index contributed by atoms with van der Waals surface area (Å²) >= 11 is 1.57. The molecular weight excluding hydrogens is 234 g/mol. The molecule has 0 aliphatic carbocycles. The van der Waals surface area contributed by atoms with Crippen LogP contribution in [0.4, 0.5) is 0 Å². The van der Waals surface area contributed by atoms with Gasteiger partial charge in [-0.05, 0) is 24.7 Å². The van der Waals surface area contributed by atoms with E-state index in [-0.39, 0.29) is 0 Å². The molecule has 0 fully saturated rings. The van der Waals surface area contributed by atoms with E-state index in [0.29, 0.717) is 12.3 Å². The van der Waals surface area contributed by atoms with E-state index in [1.54, 1.807) is 17.5 Å². The van der Waals surface area contributed by atoms with Crippen LogP contribution in [0.2, 0.25) is 0 Å². The van der Waals surface area contributed by atoms with Gasteiger partial charge in [0.15, 0.2) is 10.8 Å². The zero-order valence-electron chi connectivity index (χ0n) is 9.09. The molecule has 17 heavy (non-hydrogen) atoms. The maximum atomic E-state index is 5.65. The number of pyridine rings is 1. The SMILES string of the molecule is NCCc1csc(-c2cc3cccnc3o2)n1. The lowest BCUT2D eigenvalue weighted by Gasteiger charge is -1.89. The van der Waals surface area contributed by atoms with Crippen LogP contribution in [0.15, 0.2) is 34.2 Å². The smallest absolute Gasteiger partial charge is 0.226 e. The first kappa shape index (κ1) is 10.4. The van der Waals surface area contributed by atoms with Gasteiger partial charge in [-0.1, -0.05) is 0 Å². The van der Waals surface area contributed by atoms with Gasteiger partial charge in [-0.15, -0.1) is 11.3 Å². The molecule has 0 bridgehead atoms. The van der Waals surface area contributed by atoms with E-state index in [0.717, 1.165) is 28.3 Å². The molecule has 0 spiro atoms. The monoisotopic (exact) mass is 245 g/mol. The number of hydrogen-bond donors (Lipinski definition) is 1. The summed E-state index contributed by atoms with van der Waals surface area (Å²) < 4.78 is 5.65. The van der Waals surface area contributed by atoms with Crippen molar-refractivity contribution in [1.29, 1.82) is 0 Å². The van der Waals surface area contributed by atoms with Crippen molar-refractivity contribution < 1.29 is 4.42 Å². The van der Waals surface area contributed by atoms with Crippen LogP contribution < -0.4 is 5.73 Å². The Morgan fingerprint density at radius 3 is 3.18 bits per heavy atom. The lowest BCUT2D eigenvalue weighted by molar-refractivity contribution is 0.617. The summed E-state index contributed by atoms with van der Waals surface area (Å²) in [5, 5.41) is 3.90. The van der Waals surface area contributed by atoms with Gasteiger partial charge in [0.2, 0.25) is 5.71 Å². The number of rotatable bonds is 3. The Balaban J connectivity index is 2.01. The lowest BCUT2D eigenvalue weighted by Crippen LogP contribution is -2.02. The van der Waals surface area contributed by atoms with Crippen molar-refractivity contribution >= 4 is 22.4 Å². The highest BCUT2D eigenvalue weighted by atomic mass is 32.1. The molecule has 0 atom stereocenters. The molecule has 0 aliphatic rings. The second-order valence-electron chi connectivity index (χ2n) is 3.69. The number of thiazole rings is 1. The average molecular weight is 245 g/mol. The van der Waals surface area contributed by atoms with Crippen molar-refractivity contribution in [3.05, 3.63) is 35.5 Å². The van der Waals surface area contributed by atoms with Crippen LogP contribution in [-0.4, -0.2) is 16.5 Å². The van der Waals surface area contributed by atoms with Crippen molar-refractivity contribution in [3.63, 3.8) is 0 Å². The summed E-state index contributed by atoms with van der Waals surface area (Å²) in [4.78, 5) is 8.64. The summed E-state index contributed by atoms with van der Waals surface area (Å²) in [6.45, 7) is 0.616. The molecule has 0 radical (unpaired) electrons. The molecule has 0 aromatic carbocycles. The van der Waals surface area contributed by atoms with E-state index >= 15 is 0 Å². The molecule has 3 heterocycles. The zero-order chi connectivity index (χ0) is 11.7. The molecule has 5 heteroatoms. The summed E-state index contributed by atoms with van der Waals surface area (Å²) in [7, 11) is 0. The molecule has 3 aromatic rings. The Morgan fingerprint density at radius 1 is 1.41 bits per heavy atom. The normalized spacial score (nSPS) is 11.1. The predicted octanol–water partition coefficient (Wildman–Crippen LogP) is 2.45. The van der Waals surface area contributed by atoms with E-state index in [9.17, 15) is 0 Å². The van der Waals surface area contributed by atoms with Crippen LogP contribution in [0.25, 0.3) is 21.9 Å². The van der Waals surface area contributed by atoms with Crippen LogP contribution in [0.1, 0.15) is 5.69 Å². The highest BCUT2D eigenvalue weighted by Gasteiger charge is 2.10. The number of furan rings is 1. The van der Waals surface area contributed by atoms with Gasteiger partial charge in [-0.2, -0.15) is 0 Å². The highest BCUT2D eigenvalue weighted by molar-refractivity contribution is 7.13. The van der Waals surface area contributed by atoms with Gasteiger partial charge >= 0.3 is 0 Å². The fraction of sp³-hybridized carbons (Fsp3) is 0.167. The third-order valence-electron chi connectivity index (χ3n) is 2.46. The van der Waals surface area contributed by atoms with Crippen LogP contribution in [-0.2, 0) is 6.42 Å². The molecule has 0 saturated carbocycles. The fourth-order valence-corrected chi connectivity index (χ4v) is 2.47. The average Bonchev–Trinajstić information content (AvgIpc) is 2.94. The van der Waals surface area contributed by atoms with E-state index < -0.39 is 0 Å². The van der Waals surface area contributed by atoms with Crippen molar-refractivity contribution in [3.8, 4) is 10.8 Å². The molecular formula is C12H11N3OS. The van der Waals surface area contributed by atoms with Gasteiger partial charge in [-0.3, -0.25) is 0 Å². The summed E-state index contributed by atoms with van der Waals surface area (Å²) in [6.07, 6.45) is 2.52. The van der Waals surface area contributed by atoms with Crippen molar-refractivity contribution in [2.45, 2.75) is 6.42 Å². The van der Waals surface area contributed by atoms with Crippen LogP contribution in [0.3, 0.4) is 0 Å². The lowest BCUT2D eigenvalue weighted by atomic mass is 10.3. The largest absolute Gasteiger partial charge is 0.435 e. The molecule has 2 N–H and O–H groups in total. The third-order valence-corrected chi connectivity index (χ3v) is 3.36. The van der Waals surface area contributed by atoms with Crippen molar-refractivity contribution in [1.82, 2.24) is 9.97 Å². The number of aromatic nitrogens is 2. The number of nitrogens with zero attached hydrogens (tertiary/aromatic N) is 2. The summed E-state index contributed by atoms with van der Waals surface area (Å²) in [5.74, 6) is 0.770. The Bertz CT molecular complexity index is 611. The number of nitrogens with two attached hydrogens (primary N) is 1. The second-order valence-corrected chi connectivity index (χ2v) is 4.55. The van der Waals surface area contributed by atoms with E-state index in [4.69, 9.17) is 10.2 Å². The molecule has 0 aliphatic heterocycles. The molecule has 0 amide bonds. The molecule has 3 rings (SSSR count). The maximum Gasteiger partial charge on any atom is 0.226 e. The topological polar surface area (TPSA) is 64.9 Å². The van der Waals surface area contributed by atoms with E-state index in [1.165, 1.54) is 0 Å². The molecule has 0 saturated heterocycles. The van der Waals surface area contributed by atoms with E-state index in [2.05, 4.69) is 9.97 Å². The standard InChI is InChI=1S/C12H11N3OS/c13-4-3-9-7-17-12(15-9)10-6-8-2-1-5-14-11(8)16-10/h1-2,5-7H,3-4,13H2. The predicted molar refractivity (Wildman–Crippen MR) is 67.9 cm³/mol. The molecule has 0 unspecified atom stereocenters. The van der Waals surface area contributed by atoms with Gasteiger partial charge < -0.3 is 10.2 Å². The minimum absolute atomic E-state index is 0.616. The minimum atomic E-state index is 0.616. The van der Waals surface area contributed by atoms with Gasteiger partial charge in [0.05, 0.1) is 5.69 Å². The number of hydrogen-bond acceptors (Lipinski definition) is 5. The van der Waals surface area contributed by atoms with Crippen LogP contribution in [0, 0.1) is 0 Å². The molecule has 86 valence electrons. The molecule has 4 nitrogen and oxygen atoms in total. The van der Waals surface area contributed by atoms with Crippen LogP contribution >= 0.6 is 11.3 Å². The van der Waals surface area contributed by atoms with Crippen molar-refractivity contribution in [2.75, 3.05) is 6.54 Å². The quantitative estimate of drug-likeness (QED) is 0.769. The zero-order valence-corrected chi connectivity index (χ0v) is 9.91. The Hall–Kier alpha value is -1.72. The fourth-order valence-electron chi connectivity index (χ4n) is 1.66. The Labute approximate surface area is 102 Å². The number of fused-ring (bicyclic) bond motifs is 1. The second kappa shape index (κ2) is 4.27. The first-order chi connectivity index (χ1) is 8.36. The summed E-state index contributed by atoms with van der Waals surface area (Å²) in [5.41, 5.74) is 7.17. The maximum absolute atomic E-state index is 5.65. The van der Waals surface area contributed by atoms with Gasteiger partial charge in [-0.25, -0.2) is 9.97 Å². The Morgan fingerprint density at radius 2 is 2.35 bits per heavy atom. The Kier molecular flexibility index (Phi) is 2.62. The molecule has 3 aromatic heterocycles. The van der Waals surface area contributed by atoms with Gasteiger partial charge in [0.25, 0.3) is 0 Å². The van der Waals surface area contributed by atoms with Gasteiger partial charge in [0, 0.05) is 23.4 Å². The first-order valence-corrected chi connectivity index (χ1v) is 6.24. The van der Waals surface area contributed by atoms with Crippen LogP contribution in [0.5, 0.6) is 0 Å². The van der Waals surface area contributed by atoms with Gasteiger partial charge in [0.1, 0.15) is 0 Å². The summed E-state index contributed by atoms with van der Waals surface area (Å²) in [6, 6.07) is 5.83. The highest BCUT2D eigenvalue weighted by Crippen LogP contribution is 2.28. The first-order valence-electron chi connectivity index (χ1n) is 5.36. The van der Waals surface area contributed by atoms with Crippen molar-refractivity contribution in [2.24, 2.45) is 5.73 Å².